The molecule has 0 atom stereocenters. The number of aromatic hydroxyl groups is 2. The molecule has 0 spiro atoms. The predicted octanol–water partition coefficient (Wildman–Crippen LogP) is 7.94. The standard InChI is InChI=1S/C24H24N2O4.2C12H8N2.Co.H3NO3.2Ni.3H2O/c1-15(25-17-7-5-9-19(11-17)29-3)21-13-22(24(28)14-23(21)27)16(2)26-18-8-6-10-20(12-18)30-4;2*1-3-9-5-6-10-4-2-8-14-12(10)11(9)13-7-1;;2-1(3)4;;;;;/h5-14,27-28H,1-4H3;2*1-8H;;2-4H;;;3*1H2. The Kier molecular flexibility index (Phi) is 27.1. The number of ether oxygens (including phenoxy) is 2. The van der Waals surface area contributed by atoms with E-state index in [0.29, 0.717) is 45.4 Å². The third-order valence-electron chi connectivity index (χ3n) is 9.28. The number of rotatable bonds is 6. The summed E-state index contributed by atoms with van der Waals surface area (Å²) in [4.78, 5) is 26.5. The first-order valence-electron chi connectivity index (χ1n) is 19.0. The summed E-state index contributed by atoms with van der Waals surface area (Å²) < 4.78 is 10.5. The summed E-state index contributed by atoms with van der Waals surface area (Å²) in [5, 5.41) is 45.3. The maximum absolute atomic E-state index is 10.4. The SMILES string of the molecule is COc1cccc(N=C(C)c2cc(C(C)=Nc3cccc(OC)c3)c(O)cc2O)c1.O.O.O.ON(O)O.[Co].[Ni].[Ni].c1cnc2c(c1)ccc1cccnc12.c1cnc2c(c1)ccc1cccnc12. The van der Waals surface area contributed by atoms with E-state index in [2.05, 4.69) is 78.5 Å². The number of aromatic nitrogens is 4. The molecule has 0 aliphatic rings. The van der Waals surface area contributed by atoms with Gasteiger partial charge in [-0.25, -0.2) is 0 Å². The number of phenolic OH excluding ortho intramolecular Hbond substituents is 2. The van der Waals surface area contributed by atoms with Crippen molar-refractivity contribution < 1.29 is 101 Å². The van der Waals surface area contributed by atoms with Crippen LogP contribution in [-0.4, -0.2) is 93.2 Å². The topological polar surface area (TPSA) is 294 Å². The van der Waals surface area contributed by atoms with Crippen molar-refractivity contribution in [2.75, 3.05) is 14.2 Å². The van der Waals surface area contributed by atoms with Gasteiger partial charge in [-0.05, 0) is 68.4 Å². The molecule has 4 heterocycles. The Labute approximate surface area is 421 Å². The molecule has 365 valence electrons. The first-order valence-corrected chi connectivity index (χ1v) is 19.0. The number of pyridine rings is 4. The molecule has 0 aliphatic heterocycles. The van der Waals surface area contributed by atoms with Crippen LogP contribution in [0.15, 0.2) is 168 Å². The van der Waals surface area contributed by atoms with E-state index in [1.54, 1.807) is 71.1 Å². The van der Waals surface area contributed by atoms with Gasteiger partial charge in [-0.15, -0.1) is 0 Å². The molecule has 9 aromatic rings. The molecule has 4 aromatic heterocycles. The fourth-order valence-corrected chi connectivity index (χ4v) is 6.38. The van der Waals surface area contributed by atoms with E-state index in [-0.39, 0.29) is 77.7 Å². The molecule has 9 rings (SSSR count). The van der Waals surface area contributed by atoms with Crippen LogP contribution in [0, 0.1) is 0 Å². The molecule has 0 saturated heterocycles. The molecule has 11 N–H and O–H groups in total. The first kappa shape index (κ1) is 61.5. The number of methoxy groups -OCH3 is 2. The molecular weight excluding hydrogens is 1010 g/mol. The minimum absolute atomic E-state index is 0. The normalized spacial score (nSPS) is 10.3. The van der Waals surface area contributed by atoms with Crippen molar-refractivity contribution in [2.24, 2.45) is 9.98 Å². The van der Waals surface area contributed by atoms with Gasteiger partial charge in [0, 0.05) is 137 Å². The Morgan fingerprint density at radius 1 is 0.456 bits per heavy atom. The van der Waals surface area contributed by atoms with Crippen LogP contribution in [-0.2, 0) is 49.8 Å². The van der Waals surface area contributed by atoms with E-state index in [4.69, 9.17) is 25.1 Å². The average molecular weight is 1060 g/mol. The number of fused-ring (bicyclic) bond motifs is 6. The van der Waals surface area contributed by atoms with Crippen molar-refractivity contribution in [3.05, 3.63) is 169 Å². The zero-order valence-electron chi connectivity index (χ0n) is 36.7. The maximum Gasteiger partial charge on any atom is 0.128 e. The fraction of sp³-hybridized carbons (Fsp3) is 0.0833. The number of hydrogen-bond acceptors (Lipinski definition) is 14. The van der Waals surface area contributed by atoms with Crippen LogP contribution < -0.4 is 9.47 Å². The van der Waals surface area contributed by atoms with E-state index >= 15 is 0 Å². The minimum atomic E-state index is -1.00. The molecule has 5 aromatic carbocycles. The Morgan fingerprint density at radius 3 is 1.03 bits per heavy atom. The van der Waals surface area contributed by atoms with Gasteiger partial charge in [-0.2, -0.15) is 0 Å². The molecule has 0 unspecified atom stereocenters. The molecule has 1 radical (unpaired) electrons. The van der Waals surface area contributed by atoms with E-state index in [1.165, 1.54) is 6.07 Å². The van der Waals surface area contributed by atoms with Crippen LogP contribution in [0.25, 0.3) is 43.6 Å². The second kappa shape index (κ2) is 30.0. The summed E-state index contributed by atoms with van der Waals surface area (Å²) >= 11 is 0. The molecule has 0 saturated carbocycles. The second-order valence-electron chi connectivity index (χ2n) is 13.4. The smallest absolute Gasteiger partial charge is 0.128 e. The molecular formula is C48H49CoN7Ni2O10. The van der Waals surface area contributed by atoms with Gasteiger partial charge in [0.05, 0.1) is 53.1 Å². The number of hydrogen-bond donors (Lipinski definition) is 5. The molecule has 0 bridgehead atoms. The van der Waals surface area contributed by atoms with Crippen molar-refractivity contribution in [1.29, 1.82) is 0 Å². The Bertz CT molecular complexity index is 2730. The molecule has 68 heavy (non-hydrogen) atoms. The number of aliphatic imine (C=N–C) groups is 2. The summed E-state index contributed by atoms with van der Waals surface area (Å²) in [5.74, 6) is 1.27. The summed E-state index contributed by atoms with van der Waals surface area (Å²) in [6.45, 7) is 3.59. The minimum Gasteiger partial charge on any atom is -0.507 e. The van der Waals surface area contributed by atoms with E-state index < -0.39 is 5.39 Å². The van der Waals surface area contributed by atoms with Crippen molar-refractivity contribution in [1.82, 2.24) is 25.3 Å². The van der Waals surface area contributed by atoms with Gasteiger partial charge in [-0.3, -0.25) is 45.5 Å². The predicted molar refractivity (Wildman–Crippen MR) is 252 cm³/mol. The van der Waals surface area contributed by atoms with Crippen LogP contribution in [0.2, 0.25) is 0 Å². The van der Waals surface area contributed by atoms with Crippen molar-refractivity contribution in [3.8, 4) is 23.0 Å². The van der Waals surface area contributed by atoms with Gasteiger partial charge in [0.25, 0.3) is 0 Å². The van der Waals surface area contributed by atoms with Crippen LogP contribution in [0.3, 0.4) is 0 Å². The molecule has 0 fully saturated rings. The summed E-state index contributed by atoms with van der Waals surface area (Å²) in [6.07, 6.45) is 7.21. The number of phenols is 2. The summed E-state index contributed by atoms with van der Waals surface area (Å²) in [5.41, 5.74) is 7.50. The van der Waals surface area contributed by atoms with Gasteiger partial charge in [0.1, 0.15) is 23.0 Å². The third-order valence-corrected chi connectivity index (χ3v) is 9.28. The zero-order chi connectivity index (χ0) is 44.0. The number of nitrogens with zero attached hydrogens (tertiary/aromatic N) is 7. The van der Waals surface area contributed by atoms with Crippen molar-refractivity contribution >= 4 is 66.4 Å². The van der Waals surface area contributed by atoms with Gasteiger partial charge in [0.15, 0.2) is 0 Å². The average Bonchev–Trinajstić information content (AvgIpc) is 3.29. The van der Waals surface area contributed by atoms with Crippen molar-refractivity contribution in [3.63, 3.8) is 0 Å². The zero-order valence-corrected chi connectivity index (χ0v) is 39.7. The van der Waals surface area contributed by atoms with Gasteiger partial charge in [0.2, 0.25) is 0 Å². The summed E-state index contributed by atoms with van der Waals surface area (Å²) in [6, 6.07) is 41.9. The van der Waals surface area contributed by atoms with Gasteiger partial charge >= 0.3 is 0 Å². The van der Waals surface area contributed by atoms with Crippen LogP contribution in [0.1, 0.15) is 25.0 Å². The van der Waals surface area contributed by atoms with Crippen LogP contribution >= 0.6 is 0 Å². The number of benzene rings is 5. The molecule has 17 nitrogen and oxygen atoms in total. The van der Waals surface area contributed by atoms with Crippen molar-refractivity contribution in [2.45, 2.75) is 13.8 Å². The van der Waals surface area contributed by atoms with E-state index in [0.717, 1.165) is 43.6 Å². The molecule has 0 amide bonds. The Balaban J connectivity index is 0.000000993. The Hall–Kier alpha value is -6.51. The largest absolute Gasteiger partial charge is 0.507 e. The third kappa shape index (κ3) is 16.4. The van der Waals surface area contributed by atoms with Crippen LogP contribution in [0.4, 0.5) is 11.4 Å². The fourth-order valence-electron chi connectivity index (χ4n) is 6.38. The maximum atomic E-state index is 10.4. The summed E-state index contributed by atoms with van der Waals surface area (Å²) in [7, 11) is 3.19. The Morgan fingerprint density at radius 2 is 0.750 bits per heavy atom. The second-order valence-corrected chi connectivity index (χ2v) is 13.4. The van der Waals surface area contributed by atoms with E-state index in [1.807, 2.05) is 60.7 Å². The van der Waals surface area contributed by atoms with Crippen LogP contribution in [0.5, 0.6) is 23.0 Å². The molecule has 20 heteroatoms. The van der Waals surface area contributed by atoms with Gasteiger partial charge in [-0.1, -0.05) is 60.7 Å². The van der Waals surface area contributed by atoms with E-state index in [9.17, 15) is 10.2 Å². The molecule has 0 aliphatic carbocycles. The quantitative estimate of drug-likeness (QED) is 0.0459. The van der Waals surface area contributed by atoms with Gasteiger partial charge < -0.3 is 36.1 Å². The first-order chi connectivity index (χ1) is 30.0. The monoisotopic (exact) mass is 1060 g/mol.